The van der Waals surface area contributed by atoms with E-state index in [2.05, 4.69) is 0 Å². The number of carbonyl (C=O) groups excluding carboxylic acids is 1. The van der Waals surface area contributed by atoms with Gasteiger partial charge in [0.15, 0.2) is 0 Å². The van der Waals surface area contributed by atoms with Gasteiger partial charge in [0.25, 0.3) is 0 Å². The second-order valence-electron chi connectivity index (χ2n) is 0. The lowest BCUT2D eigenvalue weighted by Gasteiger charge is -2.00. The molecule has 0 aromatic heterocycles. The van der Waals surface area contributed by atoms with Crippen LogP contribution in [0.1, 0.15) is 2.85 Å². The van der Waals surface area contributed by atoms with E-state index in [1.807, 2.05) is 18.6 Å². The highest BCUT2D eigenvalue weighted by Crippen LogP contribution is 0.495. The second-order valence-corrected chi connectivity index (χ2v) is 0. The first-order valence-electron chi connectivity index (χ1n) is 0.866. The van der Waals surface area contributed by atoms with Crippen molar-refractivity contribution in [3.05, 3.63) is 10.4 Å². The maximum Gasteiger partial charge on any atom is 1.00 e. The lowest BCUT2D eigenvalue weighted by atomic mass is 11.9. The largest absolute Gasteiger partial charge is 2.00 e. The Bertz CT molecular complexity index is 19.8. The molecule has 0 radical (unpaired) electrons. The van der Waals surface area contributed by atoms with E-state index >= 15 is 0 Å². The van der Waals surface area contributed by atoms with Gasteiger partial charge < -0.3 is 40.5 Å². The Morgan fingerprint density at radius 3 is 1.14 bits per heavy atom. The Morgan fingerprint density at radius 2 is 1.14 bits per heavy atom. The summed E-state index contributed by atoms with van der Waals surface area (Å²) in [4.78, 5) is 8.00. The van der Waals surface area contributed by atoms with Crippen LogP contribution in [0.15, 0.2) is 0 Å². The van der Waals surface area contributed by atoms with Gasteiger partial charge in [-0.3, -0.25) is 0 Å². The van der Waals surface area contributed by atoms with Crippen molar-refractivity contribution in [2.75, 3.05) is 0 Å². The molecule has 7 heavy (non-hydrogen) atoms. The Kier molecular flexibility index (Phi) is 29100. The molecule has 6 N–H and O–H groups in total. The number of quaternary nitrogens is 2. The Labute approximate surface area is 51.3 Å². The molecule has 0 bridgehead atoms. The Hall–Kier alpha value is -0.140. The maximum atomic E-state index is 8.00. The molecular formula is CH10N2O3S. The SMILES string of the molecule is C=O.[H+].[H+].[NH3+][O-].[NH3+][O-].[S-2]. The average Bonchev–Trinajstić information content (AvgIpc) is 1.81. The van der Waals surface area contributed by atoms with E-state index in [0.29, 0.717) is 0 Å². The zero-order chi connectivity index (χ0) is 6.00. The van der Waals surface area contributed by atoms with Gasteiger partial charge in [-0.25, -0.2) is 0 Å². The molecule has 0 aliphatic heterocycles. The molecule has 0 atom stereocenters. The normalized spacial score (nSPS) is 2.29. The van der Waals surface area contributed by atoms with Gasteiger partial charge in [0.2, 0.25) is 0 Å². The van der Waals surface area contributed by atoms with Crippen LogP contribution in [0.2, 0.25) is 0 Å². The van der Waals surface area contributed by atoms with E-state index < -0.39 is 0 Å². The molecule has 6 heteroatoms. The molecule has 0 saturated carbocycles. The van der Waals surface area contributed by atoms with Gasteiger partial charge in [0.1, 0.15) is 6.79 Å². The quantitative estimate of drug-likeness (QED) is 0.352. The Morgan fingerprint density at radius 1 is 1.14 bits per heavy atom. The number of rotatable bonds is 0. The zero-order valence-corrected chi connectivity index (χ0v) is 4.57. The first-order valence-corrected chi connectivity index (χ1v) is 0.866. The fourth-order valence-corrected chi connectivity index (χ4v) is 0. The Balaban J connectivity index is -0.00000000321. The summed E-state index contributed by atoms with van der Waals surface area (Å²) in [5.41, 5.74) is 0. The second kappa shape index (κ2) is 7060. The summed E-state index contributed by atoms with van der Waals surface area (Å²) in [5, 5.41) is 16.0. The van der Waals surface area contributed by atoms with Gasteiger partial charge in [0, 0.05) is 0 Å². The lowest BCUT2D eigenvalue weighted by molar-refractivity contribution is -0.275. The van der Waals surface area contributed by atoms with Crippen LogP contribution < -0.4 is 11.8 Å². The molecule has 0 aliphatic rings. The monoisotopic (exact) mass is 130 g/mol. The number of hydrogen-bond donors (Lipinski definition) is 2. The molecule has 0 spiro atoms. The van der Waals surface area contributed by atoms with Crippen molar-refractivity contribution >= 4 is 20.3 Å². The molecule has 48 valence electrons. The zero-order valence-electron chi connectivity index (χ0n) is 5.75. The van der Waals surface area contributed by atoms with Crippen molar-refractivity contribution in [1.29, 1.82) is 0 Å². The maximum absolute atomic E-state index is 8.00. The topological polar surface area (TPSA) is 118 Å². The van der Waals surface area contributed by atoms with Crippen LogP contribution in [-0.2, 0) is 18.3 Å². The van der Waals surface area contributed by atoms with Crippen molar-refractivity contribution in [2.24, 2.45) is 0 Å². The third-order valence-corrected chi connectivity index (χ3v) is 0. The summed E-state index contributed by atoms with van der Waals surface area (Å²) >= 11 is 0. The van der Waals surface area contributed by atoms with Crippen molar-refractivity contribution in [3.8, 4) is 0 Å². The van der Waals surface area contributed by atoms with E-state index in [-0.39, 0.29) is 16.3 Å². The van der Waals surface area contributed by atoms with Crippen LogP contribution in [0, 0.1) is 10.4 Å². The minimum atomic E-state index is 0. The van der Waals surface area contributed by atoms with Crippen LogP contribution in [-0.4, -0.2) is 6.79 Å². The highest BCUT2D eigenvalue weighted by atomic mass is 32.1. The highest BCUT2D eigenvalue weighted by Gasteiger charge is 0.636. The summed E-state index contributed by atoms with van der Waals surface area (Å²) in [6, 6.07) is 0. The van der Waals surface area contributed by atoms with E-state index in [9.17, 15) is 0 Å². The third-order valence-electron chi connectivity index (χ3n) is 0. The van der Waals surface area contributed by atoms with Crippen molar-refractivity contribution in [2.45, 2.75) is 0 Å². The van der Waals surface area contributed by atoms with Gasteiger partial charge in [0.05, 0.1) is 0 Å². The van der Waals surface area contributed by atoms with E-state index in [0.717, 1.165) is 0 Å². The summed E-state index contributed by atoms with van der Waals surface area (Å²) < 4.78 is 0. The van der Waals surface area contributed by atoms with E-state index in [1.54, 1.807) is 0 Å². The molecule has 0 saturated heterocycles. The minimum Gasteiger partial charge on any atom is -2.00 e. The van der Waals surface area contributed by atoms with Crippen LogP contribution in [0.5, 0.6) is 0 Å². The number of carbonyl (C=O) groups is 1. The van der Waals surface area contributed by atoms with Gasteiger partial charge in [-0.1, -0.05) is 0 Å². The van der Waals surface area contributed by atoms with E-state index in [1.165, 1.54) is 0 Å². The van der Waals surface area contributed by atoms with Crippen LogP contribution >= 0.6 is 0 Å². The summed E-state index contributed by atoms with van der Waals surface area (Å²) in [6.45, 7) is 2.00. The molecule has 0 amide bonds. The molecule has 0 fully saturated rings. The predicted octanol–water partition coefficient (Wildman–Crippen LogP) is -2.51. The van der Waals surface area contributed by atoms with E-state index in [4.69, 9.17) is 15.2 Å². The van der Waals surface area contributed by atoms with Gasteiger partial charge in [-0.15, -0.1) is 0 Å². The van der Waals surface area contributed by atoms with Crippen LogP contribution in [0.4, 0.5) is 0 Å². The molecule has 0 unspecified atom stereocenters. The lowest BCUT2D eigenvalue weighted by Crippen LogP contribution is -2.37. The minimum absolute atomic E-state index is 0. The molecule has 0 rings (SSSR count). The smallest absolute Gasteiger partial charge is 1.00 e. The molecule has 0 aromatic carbocycles. The fourth-order valence-electron chi connectivity index (χ4n) is 0. The highest BCUT2D eigenvalue weighted by molar-refractivity contribution is 7.37. The number of hydrogen-bond acceptors (Lipinski definition) is 3. The van der Waals surface area contributed by atoms with Crippen LogP contribution in [0.3, 0.4) is 0 Å². The van der Waals surface area contributed by atoms with Crippen molar-refractivity contribution in [1.82, 2.24) is 0 Å². The van der Waals surface area contributed by atoms with Crippen molar-refractivity contribution in [3.63, 3.8) is 0 Å². The van der Waals surface area contributed by atoms with Crippen molar-refractivity contribution < 1.29 is 19.4 Å². The molecule has 0 aromatic rings. The van der Waals surface area contributed by atoms with Gasteiger partial charge in [-0.2, -0.15) is 0 Å². The molecule has 0 aliphatic carbocycles. The third kappa shape index (κ3) is 4450. The average molecular weight is 130 g/mol. The molecule has 0 heterocycles. The first-order chi connectivity index (χ1) is 3.00. The predicted molar refractivity (Wildman–Crippen MR) is 29.2 cm³/mol. The summed E-state index contributed by atoms with van der Waals surface area (Å²) in [7, 11) is 0. The summed E-state index contributed by atoms with van der Waals surface area (Å²) in [6.07, 6.45) is 0. The van der Waals surface area contributed by atoms with Gasteiger partial charge in [-0.05, 0) is 0 Å². The molecule has 5 nitrogen and oxygen atoms in total. The van der Waals surface area contributed by atoms with Crippen LogP contribution in [0.25, 0.3) is 0 Å². The molecular weight excluding hydrogens is 120 g/mol. The standard InChI is InChI=1S/CH2O.2H3NO.S/c3*1-2;/h1H2;2*1H3;/q;;;-2/p+2. The first kappa shape index (κ1) is 28.8. The van der Waals surface area contributed by atoms with Gasteiger partial charge >= 0.3 is 2.85 Å². The summed E-state index contributed by atoms with van der Waals surface area (Å²) in [5.74, 6) is 4.00. The fraction of sp³-hybridized carbons (Fsp3) is 0.